The first-order valence-corrected chi connectivity index (χ1v) is 11.7. The van der Waals surface area contributed by atoms with Gasteiger partial charge in [0, 0.05) is 6.42 Å². The first-order chi connectivity index (χ1) is 14.4. The number of unbranched alkanes of at least 4 members (excludes halogenated alkanes) is 6. The van der Waals surface area contributed by atoms with Crippen LogP contribution in [-0.2, 0) is 14.3 Å². The Morgan fingerprint density at radius 2 is 1.47 bits per heavy atom. The Labute approximate surface area is 181 Å². The molecule has 3 unspecified atom stereocenters. The third-order valence-corrected chi connectivity index (χ3v) is 5.67. The number of carbonyl (C=O) groups excluding carboxylic acids is 1. The molecular weight excluding hydrogens is 388 g/mol. The highest BCUT2D eigenvalue weighted by molar-refractivity contribution is 5.72. The molecule has 0 radical (unpaired) electrons. The van der Waals surface area contributed by atoms with Gasteiger partial charge >= 0.3 is 11.9 Å². The van der Waals surface area contributed by atoms with Crippen LogP contribution >= 0.6 is 0 Å². The second-order valence-electron chi connectivity index (χ2n) is 8.27. The molecular formula is C23H44O7. The number of hydrogen-bond acceptors (Lipinski definition) is 6. The highest BCUT2D eigenvalue weighted by Gasteiger charge is 2.20. The first-order valence-electron chi connectivity index (χ1n) is 11.7. The van der Waals surface area contributed by atoms with E-state index in [-0.39, 0.29) is 38.1 Å². The molecule has 0 fully saturated rings. The maximum Gasteiger partial charge on any atom is 0.309 e. The summed E-state index contributed by atoms with van der Waals surface area (Å²) in [6, 6.07) is 0. The summed E-state index contributed by atoms with van der Waals surface area (Å²) >= 11 is 0. The van der Waals surface area contributed by atoms with Gasteiger partial charge in [0.15, 0.2) is 0 Å². The van der Waals surface area contributed by atoms with Crippen LogP contribution in [-0.4, -0.2) is 58.3 Å². The summed E-state index contributed by atoms with van der Waals surface area (Å²) < 4.78 is 5.15. The van der Waals surface area contributed by atoms with Crippen molar-refractivity contribution < 1.29 is 34.8 Å². The molecule has 0 saturated heterocycles. The number of aliphatic carboxylic acids is 1. The molecule has 30 heavy (non-hydrogen) atoms. The molecule has 178 valence electrons. The van der Waals surface area contributed by atoms with Crippen LogP contribution in [0.5, 0.6) is 0 Å². The Morgan fingerprint density at radius 3 is 2.03 bits per heavy atom. The summed E-state index contributed by atoms with van der Waals surface area (Å²) in [6.07, 6.45) is 11.3. The second-order valence-corrected chi connectivity index (χ2v) is 8.27. The number of carbonyl (C=O) groups is 2. The van der Waals surface area contributed by atoms with E-state index >= 15 is 0 Å². The molecule has 0 saturated carbocycles. The molecule has 0 spiro atoms. The Morgan fingerprint density at radius 1 is 0.867 bits per heavy atom. The smallest absolute Gasteiger partial charge is 0.309 e. The van der Waals surface area contributed by atoms with Gasteiger partial charge in [0.25, 0.3) is 0 Å². The van der Waals surface area contributed by atoms with E-state index in [1.807, 2.05) is 0 Å². The van der Waals surface area contributed by atoms with Crippen molar-refractivity contribution in [1.29, 1.82) is 0 Å². The van der Waals surface area contributed by atoms with Crippen LogP contribution in [0.3, 0.4) is 0 Å². The normalized spacial score (nSPS) is 14.3. The summed E-state index contributed by atoms with van der Waals surface area (Å²) in [7, 11) is 0. The van der Waals surface area contributed by atoms with Crippen molar-refractivity contribution >= 4 is 11.9 Å². The van der Waals surface area contributed by atoms with Crippen molar-refractivity contribution in [1.82, 2.24) is 0 Å². The van der Waals surface area contributed by atoms with E-state index in [4.69, 9.17) is 20.1 Å². The van der Waals surface area contributed by atoms with Crippen LogP contribution in [0.2, 0.25) is 0 Å². The average molecular weight is 433 g/mol. The van der Waals surface area contributed by atoms with Crippen LogP contribution in [0.15, 0.2) is 0 Å². The monoisotopic (exact) mass is 432 g/mol. The van der Waals surface area contributed by atoms with Crippen LogP contribution in [0.25, 0.3) is 0 Å². The van der Waals surface area contributed by atoms with Gasteiger partial charge in [-0.3, -0.25) is 9.59 Å². The van der Waals surface area contributed by atoms with Crippen LogP contribution in [0.1, 0.15) is 96.8 Å². The summed E-state index contributed by atoms with van der Waals surface area (Å²) in [4.78, 5) is 22.8. The van der Waals surface area contributed by atoms with Crippen molar-refractivity contribution in [3.05, 3.63) is 0 Å². The molecule has 0 aromatic carbocycles. The Kier molecular flexibility index (Phi) is 19.0. The number of carboxylic acids is 1. The molecule has 0 bridgehead atoms. The number of carboxylic acid groups (broad SMARTS) is 1. The molecule has 7 heteroatoms. The Bertz CT molecular complexity index is 428. The van der Waals surface area contributed by atoms with Crippen LogP contribution in [0, 0.1) is 11.8 Å². The quantitative estimate of drug-likeness (QED) is 0.161. The van der Waals surface area contributed by atoms with Crippen molar-refractivity contribution in [2.75, 3.05) is 19.8 Å². The van der Waals surface area contributed by atoms with E-state index in [9.17, 15) is 14.7 Å². The minimum Gasteiger partial charge on any atom is -0.481 e. The number of ether oxygens (including phenoxy) is 1. The lowest BCUT2D eigenvalue weighted by atomic mass is 9.89. The number of rotatable bonds is 21. The second kappa shape index (κ2) is 19.8. The van der Waals surface area contributed by atoms with Gasteiger partial charge in [0.2, 0.25) is 0 Å². The predicted molar refractivity (Wildman–Crippen MR) is 116 cm³/mol. The van der Waals surface area contributed by atoms with E-state index in [2.05, 4.69) is 6.92 Å². The molecule has 3 atom stereocenters. The van der Waals surface area contributed by atoms with Crippen LogP contribution < -0.4 is 0 Å². The maximum absolute atomic E-state index is 12.3. The summed E-state index contributed by atoms with van der Waals surface area (Å²) in [5.74, 6) is -0.792. The minimum atomic E-state index is -0.732. The van der Waals surface area contributed by atoms with E-state index in [1.54, 1.807) is 0 Å². The van der Waals surface area contributed by atoms with Crippen molar-refractivity contribution in [2.45, 2.75) is 103 Å². The molecule has 4 N–H and O–H groups in total. The fourth-order valence-electron chi connectivity index (χ4n) is 3.80. The Hall–Kier alpha value is -1.18. The topological polar surface area (TPSA) is 124 Å². The van der Waals surface area contributed by atoms with Crippen molar-refractivity contribution in [3.63, 3.8) is 0 Å². The van der Waals surface area contributed by atoms with Crippen LogP contribution in [0.4, 0.5) is 0 Å². The molecule has 7 nitrogen and oxygen atoms in total. The standard InChI is InChI=1S/C23H44O7/c1-2-19(17-21(26)18-25)11-10-13-20(23(29)30-16-15-24)12-8-6-4-3-5-7-9-14-22(27)28/h19-21,24-26H,2-18H2,1H3,(H,27,28). The fraction of sp³-hybridized carbons (Fsp3) is 0.913. The summed E-state index contributed by atoms with van der Waals surface area (Å²) in [5, 5.41) is 36.2. The van der Waals surface area contributed by atoms with Crippen molar-refractivity contribution in [2.24, 2.45) is 11.8 Å². The summed E-state index contributed by atoms with van der Waals surface area (Å²) in [6.45, 7) is 1.72. The Balaban J connectivity index is 4.16. The lowest BCUT2D eigenvalue weighted by molar-refractivity contribution is -0.150. The lowest BCUT2D eigenvalue weighted by Gasteiger charge is -2.20. The molecule has 0 aliphatic rings. The van der Waals surface area contributed by atoms with Gasteiger partial charge in [-0.15, -0.1) is 0 Å². The number of esters is 1. The summed E-state index contributed by atoms with van der Waals surface area (Å²) in [5.41, 5.74) is 0. The largest absolute Gasteiger partial charge is 0.481 e. The molecule has 0 aromatic heterocycles. The van der Waals surface area contributed by atoms with E-state index in [1.165, 1.54) is 0 Å². The number of aliphatic hydroxyl groups is 3. The molecule has 0 aromatic rings. The minimum absolute atomic E-state index is 0.0337. The SMILES string of the molecule is CCC(CCCC(CCCCCCCCCC(=O)O)C(=O)OCCO)CC(O)CO. The molecule has 0 rings (SSSR count). The highest BCUT2D eigenvalue weighted by atomic mass is 16.5. The predicted octanol–water partition coefficient (Wildman–Crippen LogP) is 3.67. The molecule has 0 amide bonds. The van der Waals surface area contributed by atoms with Gasteiger partial charge in [-0.2, -0.15) is 0 Å². The maximum atomic E-state index is 12.3. The van der Waals surface area contributed by atoms with E-state index < -0.39 is 12.1 Å². The third-order valence-electron chi connectivity index (χ3n) is 5.67. The van der Waals surface area contributed by atoms with Gasteiger partial charge in [-0.25, -0.2) is 0 Å². The third kappa shape index (κ3) is 16.6. The van der Waals surface area contributed by atoms with Gasteiger partial charge in [0.05, 0.1) is 25.2 Å². The zero-order valence-electron chi connectivity index (χ0n) is 18.8. The number of hydrogen-bond donors (Lipinski definition) is 4. The fourth-order valence-corrected chi connectivity index (χ4v) is 3.80. The average Bonchev–Trinajstić information content (AvgIpc) is 2.73. The zero-order chi connectivity index (χ0) is 22.6. The van der Waals surface area contributed by atoms with Gasteiger partial charge in [0.1, 0.15) is 6.61 Å². The molecule has 0 aliphatic carbocycles. The van der Waals surface area contributed by atoms with Gasteiger partial charge in [-0.05, 0) is 31.6 Å². The molecule has 0 aliphatic heterocycles. The van der Waals surface area contributed by atoms with E-state index in [0.29, 0.717) is 12.3 Å². The highest BCUT2D eigenvalue weighted by Crippen LogP contribution is 2.24. The van der Waals surface area contributed by atoms with Crippen molar-refractivity contribution in [3.8, 4) is 0 Å². The van der Waals surface area contributed by atoms with E-state index in [0.717, 1.165) is 77.0 Å². The van der Waals surface area contributed by atoms with Gasteiger partial charge in [-0.1, -0.05) is 64.7 Å². The van der Waals surface area contributed by atoms with Gasteiger partial charge < -0.3 is 25.2 Å². The number of aliphatic hydroxyl groups excluding tert-OH is 3. The molecule has 0 heterocycles. The first kappa shape index (κ1) is 28.8. The zero-order valence-corrected chi connectivity index (χ0v) is 18.8. The lowest BCUT2D eigenvalue weighted by Crippen LogP contribution is -2.20.